The van der Waals surface area contributed by atoms with Gasteiger partial charge < -0.3 is 14.6 Å². The van der Waals surface area contributed by atoms with Gasteiger partial charge in [0.25, 0.3) is 0 Å². The van der Waals surface area contributed by atoms with Crippen LogP contribution >= 0.6 is 0 Å². The molecule has 1 aromatic rings. The molecule has 0 aliphatic carbocycles. The Kier molecular flexibility index (Phi) is 5.17. The molecule has 0 spiro atoms. The zero-order valence-corrected chi connectivity index (χ0v) is 10.2. The molecule has 0 saturated heterocycles. The van der Waals surface area contributed by atoms with Crippen molar-refractivity contribution in [2.45, 2.75) is 12.6 Å². The van der Waals surface area contributed by atoms with Crippen LogP contribution in [0.4, 0.5) is 13.2 Å². The summed E-state index contributed by atoms with van der Waals surface area (Å²) in [6.07, 6.45) is -4.38. The maximum atomic E-state index is 12.8. The van der Waals surface area contributed by atoms with Gasteiger partial charge in [0.1, 0.15) is 5.75 Å². The van der Waals surface area contributed by atoms with Gasteiger partial charge in [-0.1, -0.05) is 0 Å². The number of hydrogen-bond donors (Lipinski definition) is 1. The van der Waals surface area contributed by atoms with E-state index in [1.54, 1.807) is 0 Å². The molecule has 1 aromatic carbocycles. The van der Waals surface area contributed by atoms with Crippen molar-refractivity contribution < 1.29 is 32.5 Å². The van der Waals surface area contributed by atoms with Gasteiger partial charge in [0.2, 0.25) is 0 Å². The predicted molar refractivity (Wildman–Crippen MR) is 60.0 cm³/mol. The number of esters is 1. The van der Waals surface area contributed by atoms with Crippen LogP contribution in [0.5, 0.6) is 5.75 Å². The molecule has 1 N–H and O–H groups in total. The predicted octanol–water partition coefficient (Wildman–Crippen LogP) is 2.25. The lowest BCUT2D eigenvalue weighted by Crippen LogP contribution is -2.14. The number of rotatable bonds is 5. The first-order valence-electron chi connectivity index (χ1n) is 5.43. The summed E-state index contributed by atoms with van der Waals surface area (Å²) >= 11 is 0. The molecule has 0 fully saturated rings. The van der Waals surface area contributed by atoms with E-state index in [9.17, 15) is 18.0 Å². The van der Waals surface area contributed by atoms with E-state index in [1.807, 2.05) is 0 Å². The summed E-state index contributed by atoms with van der Waals surface area (Å²) < 4.78 is 47.8. The molecule has 0 atom stereocenters. The molecular weight excluding hydrogens is 265 g/mol. The van der Waals surface area contributed by atoms with Gasteiger partial charge in [-0.15, -0.1) is 0 Å². The number of alkyl halides is 3. The summed E-state index contributed by atoms with van der Waals surface area (Å²) in [6, 6.07) is 2.99. The van der Waals surface area contributed by atoms with Crippen LogP contribution in [0.2, 0.25) is 0 Å². The molecule has 1 rings (SSSR count). The molecule has 0 aliphatic rings. The van der Waals surface area contributed by atoms with Crippen molar-refractivity contribution in [2.24, 2.45) is 0 Å². The van der Waals surface area contributed by atoms with Gasteiger partial charge in [0, 0.05) is 13.0 Å². The van der Waals surface area contributed by atoms with Crippen molar-refractivity contribution >= 4 is 5.97 Å². The Balaban J connectivity index is 3.05. The number of methoxy groups -OCH3 is 1. The topological polar surface area (TPSA) is 55.8 Å². The lowest BCUT2D eigenvalue weighted by Gasteiger charge is -2.13. The number of halogens is 3. The zero-order valence-electron chi connectivity index (χ0n) is 10.2. The summed E-state index contributed by atoms with van der Waals surface area (Å²) in [7, 11) is 1.01. The van der Waals surface area contributed by atoms with E-state index in [2.05, 4.69) is 4.74 Å². The first kappa shape index (κ1) is 15.3. The Labute approximate surface area is 107 Å². The lowest BCUT2D eigenvalue weighted by atomic mass is 10.1. The first-order chi connectivity index (χ1) is 8.90. The third-order valence-corrected chi connectivity index (χ3v) is 2.27. The standard InChI is InChI=1S/C12H13F3O4/c1-18-11(17)9-4-3-8(19-6-2-5-16)7-10(9)12(13,14)15/h3-4,7,16H,2,5-6H2,1H3. The Morgan fingerprint density at radius 1 is 1.37 bits per heavy atom. The minimum Gasteiger partial charge on any atom is -0.493 e. The second kappa shape index (κ2) is 6.42. The van der Waals surface area contributed by atoms with E-state index in [1.165, 1.54) is 6.07 Å². The molecule has 7 heteroatoms. The SMILES string of the molecule is COC(=O)c1ccc(OCCCO)cc1C(F)(F)F. The largest absolute Gasteiger partial charge is 0.493 e. The van der Waals surface area contributed by atoms with Gasteiger partial charge in [-0.3, -0.25) is 0 Å². The number of carbonyl (C=O) groups is 1. The van der Waals surface area contributed by atoms with Gasteiger partial charge in [0.05, 0.1) is 24.8 Å². The van der Waals surface area contributed by atoms with Crippen molar-refractivity contribution in [2.75, 3.05) is 20.3 Å². The third kappa shape index (κ3) is 4.13. The van der Waals surface area contributed by atoms with Crippen LogP contribution in [0.1, 0.15) is 22.3 Å². The first-order valence-corrected chi connectivity index (χ1v) is 5.43. The Bertz CT molecular complexity index is 443. The number of hydrogen-bond acceptors (Lipinski definition) is 4. The van der Waals surface area contributed by atoms with Gasteiger partial charge in [-0.05, 0) is 18.2 Å². The molecule has 0 heterocycles. The van der Waals surface area contributed by atoms with Crippen LogP contribution in [0.25, 0.3) is 0 Å². The Morgan fingerprint density at radius 2 is 2.05 bits per heavy atom. The second-order valence-electron chi connectivity index (χ2n) is 3.62. The number of benzene rings is 1. The fourth-order valence-corrected chi connectivity index (χ4v) is 1.39. The summed E-state index contributed by atoms with van der Waals surface area (Å²) in [5.74, 6) is -1.08. The van der Waals surface area contributed by atoms with E-state index in [0.717, 1.165) is 19.2 Å². The molecule has 19 heavy (non-hydrogen) atoms. The van der Waals surface area contributed by atoms with E-state index in [-0.39, 0.29) is 19.0 Å². The molecular formula is C12H13F3O4. The van der Waals surface area contributed by atoms with E-state index >= 15 is 0 Å². The zero-order chi connectivity index (χ0) is 14.5. The van der Waals surface area contributed by atoms with Crippen molar-refractivity contribution in [1.29, 1.82) is 0 Å². The van der Waals surface area contributed by atoms with E-state index < -0.39 is 23.3 Å². The summed E-state index contributed by atoms with van der Waals surface area (Å²) in [5, 5.41) is 8.56. The van der Waals surface area contributed by atoms with Crippen molar-refractivity contribution in [3.8, 4) is 5.75 Å². The molecule has 0 radical (unpaired) electrons. The van der Waals surface area contributed by atoms with Crippen molar-refractivity contribution in [3.63, 3.8) is 0 Å². The molecule has 0 saturated carbocycles. The summed E-state index contributed by atoms with van der Waals surface area (Å²) in [6.45, 7) is -0.0300. The lowest BCUT2D eigenvalue weighted by molar-refractivity contribution is -0.138. The highest BCUT2D eigenvalue weighted by molar-refractivity contribution is 5.91. The summed E-state index contributed by atoms with van der Waals surface area (Å²) in [5.41, 5.74) is -1.68. The maximum absolute atomic E-state index is 12.8. The van der Waals surface area contributed by atoms with Crippen LogP contribution in [-0.2, 0) is 10.9 Å². The molecule has 0 amide bonds. The van der Waals surface area contributed by atoms with Crippen LogP contribution in [0.15, 0.2) is 18.2 Å². The van der Waals surface area contributed by atoms with Crippen molar-refractivity contribution in [1.82, 2.24) is 0 Å². The number of ether oxygens (including phenoxy) is 2. The normalized spacial score (nSPS) is 11.2. The van der Waals surface area contributed by atoms with Gasteiger partial charge in [-0.25, -0.2) is 4.79 Å². The highest BCUT2D eigenvalue weighted by Gasteiger charge is 2.36. The quantitative estimate of drug-likeness (QED) is 0.663. The summed E-state index contributed by atoms with van der Waals surface area (Å²) in [4.78, 5) is 11.3. The van der Waals surface area contributed by atoms with E-state index in [0.29, 0.717) is 6.42 Å². The minimum atomic E-state index is -4.68. The second-order valence-corrected chi connectivity index (χ2v) is 3.62. The Morgan fingerprint density at radius 3 is 2.58 bits per heavy atom. The van der Waals surface area contributed by atoms with E-state index in [4.69, 9.17) is 9.84 Å². The van der Waals surface area contributed by atoms with Gasteiger partial charge in [-0.2, -0.15) is 13.2 Å². The average molecular weight is 278 g/mol. The fraction of sp³-hybridized carbons (Fsp3) is 0.417. The highest BCUT2D eigenvalue weighted by atomic mass is 19.4. The molecule has 0 aliphatic heterocycles. The smallest absolute Gasteiger partial charge is 0.417 e. The van der Waals surface area contributed by atoms with Gasteiger partial charge >= 0.3 is 12.1 Å². The molecule has 0 aromatic heterocycles. The van der Waals surface area contributed by atoms with Crippen LogP contribution in [-0.4, -0.2) is 31.4 Å². The average Bonchev–Trinajstić information content (AvgIpc) is 2.37. The van der Waals surface area contributed by atoms with Crippen LogP contribution < -0.4 is 4.74 Å². The highest BCUT2D eigenvalue weighted by Crippen LogP contribution is 2.34. The molecule has 4 nitrogen and oxygen atoms in total. The monoisotopic (exact) mass is 278 g/mol. The number of aliphatic hydroxyl groups is 1. The number of carbonyl (C=O) groups excluding carboxylic acids is 1. The maximum Gasteiger partial charge on any atom is 0.417 e. The number of aliphatic hydroxyl groups excluding tert-OH is 1. The van der Waals surface area contributed by atoms with Crippen LogP contribution in [0, 0.1) is 0 Å². The van der Waals surface area contributed by atoms with Crippen LogP contribution in [0.3, 0.4) is 0 Å². The third-order valence-electron chi connectivity index (χ3n) is 2.27. The molecule has 0 bridgehead atoms. The molecule has 106 valence electrons. The fourth-order valence-electron chi connectivity index (χ4n) is 1.39. The minimum absolute atomic E-state index is 0.0200. The molecule has 0 unspecified atom stereocenters. The van der Waals surface area contributed by atoms with Crippen molar-refractivity contribution in [3.05, 3.63) is 29.3 Å². The van der Waals surface area contributed by atoms with Gasteiger partial charge in [0.15, 0.2) is 0 Å². The Hall–Kier alpha value is -1.76.